The number of allylic oxidation sites excluding steroid dienone is 1. The van der Waals surface area contributed by atoms with E-state index in [0.29, 0.717) is 29.5 Å². The van der Waals surface area contributed by atoms with Crippen molar-refractivity contribution < 1.29 is 13.5 Å². The molecule has 0 atom stereocenters. The van der Waals surface area contributed by atoms with Gasteiger partial charge in [-0.05, 0) is 38.6 Å². The summed E-state index contributed by atoms with van der Waals surface area (Å²) in [4.78, 5) is 17.7. The molecule has 2 aliphatic heterocycles. The minimum Gasteiger partial charge on any atom is -0.418 e. The van der Waals surface area contributed by atoms with Crippen LogP contribution < -0.4 is 15.0 Å². The lowest BCUT2D eigenvalue weighted by atomic mass is 10.2. The summed E-state index contributed by atoms with van der Waals surface area (Å²) in [5.74, 6) is -0.426. The number of aromatic nitrogens is 3. The van der Waals surface area contributed by atoms with Crippen LogP contribution in [0, 0.1) is 18.6 Å². The summed E-state index contributed by atoms with van der Waals surface area (Å²) in [5, 5.41) is 3.47. The van der Waals surface area contributed by atoms with Crippen LogP contribution in [0.5, 0.6) is 11.8 Å². The van der Waals surface area contributed by atoms with Crippen molar-refractivity contribution in [2.24, 2.45) is 12.0 Å². The van der Waals surface area contributed by atoms with Gasteiger partial charge in [0.15, 0.2) is 11.6 Å². The minimum atomic E-state index is -0.816. The van der Waals surface area contributed by atoms with Gasteiger partial charge in [0.2, 0.25) is 5.75 Å². The molecular formula is C26H29F2N7O. The number of ether oxygens (including phenoxy) is 1. The fourth-order valence-electron chi connectivity index (χ4n) is 4.38. The van der Waals surface area contributed by atoms with Crippen LogP contribution >= 0.6 is 0 Å². The summed E-state index contributed by atoms with van der Waals surface area (Å²) in [5.41, 5.74) is 2.33. The Morgan fingerprint density at radius 1 is 1.06 bits per heavy atom. The fourth-order valence-corrected chi connectivity index (χ4v) is 4.38. The number of fused-ring (bicyclic) bond motifs is 1. The first kappa shape index (κ1) is 23.9. The van der Waals surface area contributed by atoms with Crippen LogP contribution in [0.1, 0.15) is 12.6 Å². The number of hydrogen-bond donors (Lipinski definition) is 1. The number of piperazine rings is 1. The Morgan fingerprint density at radius 3 is 2.58 bits per heavy atom. The number of rotatable bonds is 5. The van der Waals surface area contributed by atoms with Gasteiger partial charge in [-0.25, -0.2) is 8.78 Å². The Kier molecular flexibility index (Phi) is 6.44. The number of aliphatic imine (C=N–C) groups is 1. The lowest BCUT2D eigenvalue weighted by Gasteiger charge is -2.33. The van der Waals surface area contributed by atoms with Crippen LogP contribution in [0.4, 0.5) is 20.4 Å². The van der Waals surface area contributed by atoms with Gasteiger partial charge in [0.25, 0.3) is 0 Å². The molecule has 0 saturated carbocycles. The van der Waals surface area contributed by atoms with E-state index >= 15 is 4.39 Å². The summed E-state index contributed by atoms with van der Waals surface area (Å²) in [6.07, 6.45) is 5.89. The lowest BCUT2D eigenvalue weighted by Crippen LogP contribution is -2.44. The Bertz CT molecular complexity index is 1400. The van der Waals surface area contributed by atoms with Gasteiger partial charge in [-0.1, -0.05) is 12.2 Å². The fraction of sp³-hybridized carbons (Fsp3) is 0.346. The van der Waals surface area contributed by atoms with Crippen LogP contribution in [-0.4, -0.2) is 65.0 Å². The van der Waals surface area contributed by atoms with E-state index in [0.717, 1.165) is 37.4 Å². The molecule has 188 valence electrons. The summed E-state index contributed by atoms with van der Waals surface area (Å²) in [6.45, 7) is 7.62. The number of hydrogen-bond acceptors (Lipinski definition) is 7. The van der Waals surface area contributed by atoms with E-state index in [-0.39, 0.29) is 11.4 Å². The molecule has 1 saturated heterocycles. The van der Waals surface area contributed by atoms with Crippen molar-refractivity contribution in [1.82, 2.24) is 19.4 Å². The van der Waals surface area contributed by atoms with Crippen LogP contribution in [0.3, 0.4) is 0 Å². The van der Waals surface area contributed by atoms with Gasteiger partial charge in [0, 0.05) is 56.4 Å². The van der Waals surface area contributed by atoms with Gasteiger partial charge >= 0.3 is 6.01 Å². The smallest absolute Gasteiger partial charge is 0.326 e. The largest absolute Gasteiger partial charge is 0.418 e. The van der Waals surface area contributed by atoms with Crippen molar-refractivity contribution in [3.05, 3.63) is 59.3 Å². The number of anilines is 2. The lowest BCUT2D eigenvalue weighted by molar-refractivity contribution is 0.311. The normalized spacial score (nSPS) is 16.7. The van der Waals surface area contributed by atoms with Gasteiger partial charge in [-0.3, -0.25) is 4.99 Å². The Morgan fingerprint density at radius 2 is 1.83 bits per heavy atom. The van der Waals surface area contributed by atoms with Crippen molar-refractivity contribution in [1.29, 1.82) is 0 Å². The van der Waals surface area contributed by atoms with E-state index in [2.05, 4.69) is 37.1 Å². The molecule has 5 rings (SSSR count). The van der Waals surface area contributed by atoms with Crippen LogP contribution in [0.2, 0.25) is 0 Å². The standard InChI is InChI=1S/C26H29F2N7O/c1-5-6-17-12-21(29-15-17)30-22-14-23(35-9-7-33(3)8-10-35)32-26(31-22)36-25-19(27)13-20-18(24(25)28)11-16(2)34(20)4/h5-6,11-14H,7-10,15H2,1-4H3,(H,29,30,31,32)/b6-5-. The molecule has 0 bridgehead atoms. The topological polar surface area (TPSA) is 70.8 Å². The molecule has 1 N–H and O–H groups in total. The average molecular weight is 494 g/mol. The maximum absolute atomic E-state index is 15.4. The third kappa shape index (κ3) is 4.68. The zero-order valence-electron chi connectivity index (χ0n) is 20.8. The van der Waals surface area contributed by atoms with Gasteiger partial charge in [0.05, 0.1) is 12.1 Å². The molecule has 10 heteroatoms. The minimum absolute atomic E-state index is 0.144. The molecule has 2 aliphatic rings. The monoisotopic (exact) mass is 493 g/mol. The van der Waals surface area contributed by atoms with E-state index in [1.807, 2.05) is 32.1 Å². The molecule has 8 nitrogen and oxygen atoms in total. The molecule has 0 amide bonds. The summed E-state index contributed by atoms with van der Waals surface area (Å²) < 4.78 is 37.8. The molecule has 3 aromatic rings. The number of nitrogens with zero attached hydrogens (tertiary/aromatic N) is 6. The second-order valence-corrected chi connectivity index (χ2v) is 9.11. The molecule has 0 spiro atoms. The highest BCUT2D eigenvalue weighted by Gasteiger charge is 2.22. The van der Waals surface area contributed by atoms with Gasteiger partial charge in [-0.15, -0.1) is 0 Å². The SMILES string of the molecule is C/C=C\C1=CC(Nc2cc(N3CCN(C)CC3)nc(Oc3c(F)cc4c(cc(C)n4C)c3F)n2)=NC1. The first-order valence-electron chi connectivity index (χ1n) is 11.9. The molecule has 4 heterocycles. The Labute approximate surface area is 208 Å². The molecule has 1 fully saturated rings. The predicted molar refractivity (Wildman–Crippen MR) is 138 cm³/mol. The predicted octanol–water partition coefficient (Wildman–Crippen LogP) is 4.43. The maximum Gasteiger partial charge on any atom is 0.326 e. The Balaban J connectivity index is 1.51. The van der Waals surface area contributed by atoms with E-state index < -0.39 is 17.4 Å². The maximum atomic E-state index is 15.4. The summed E-state index contributed by atoms with van der Waals surface area (Å²) >= 11 is 0. The highest BCUT2D eigenvalue weighted by Crippen LogP contribution is 2.34. The molecule has 0 radical (unpaired) electrons. The third-order valence-electron chi connectivity index (χ3n) is 6.54. The van der Waals surface area contributed by atoms with Gasteiger partial charge in [-0.2, -0.15) is 9.97 Å². The van der Waals surface area contributed by atoms with Crippen LogP contribution in [0.15, 0.2) is 47.0 Å². The number of halogens is 2. The highest BCUT2D eigenvalue weighted by atomic mass is 19.1. The number of likely N-dealkylation sites (N-methyl/N-ethyl adjacent to an activating group) is 1. The second kappa shape index (κ2) is 9.69. The quantitative estimate of drug-likeness (QED) is 0.567. The first-order chi connectivity index (χ1) is 17.3. The zero-order valence-corrected chi connectivity index (χ0v) is 20.8. The molecule has 2 aromatic heterocycles. The third-order valence-corrected chi connectivity index (χ3v) is 6.54. The van der Waals surface area contributed by atoms with E-state index in [1.165, 1.54) is 6.07 Å². The molecule has 0 unspecified atom stereocenters. The van der Waals surface area contributed by atoms with Crippen molar-refractivity contribution in [3.8, 4) is 11.8 Å². The average Bonchev–Trinajstić information content (AvgIpc) is 3.41. The number of amidine groups is 1. The van der Waals surface area contributed by atoms with Gasteiger partial charge < -0.3 is 24.4 Å². The van der Waals surface area contributed by atoms with E-state index in [9.17, 15) is 4.39 Å². The molecule has 0 aliphatic carbocycles. The van der Waals surface area contributed by atoms with Crippen molar-refractivity contribution in [3.63, 3.8) is 0 Å². The number of nitrogens with one attached hydrogen (secondary N) is 1. The Hall–Kier alpha value is -3.79. The molecular weight excluding hydrogens is 464 g/mol. The van der Waals surface area contributed by atoms with Crippen LogP contribution in [-0.2, 0) is 7.05 Å². The highest BCUT2D eigenvalue weighted by molar-refractivity contribution is 6.05. The molecule has 1 aromatic carbocycles. The second-order valence-electron chi connectivity index (χ2n) is 9.11. The number of benzene rings is 1. The van der Waals surface area contributed by atoms with Crippen LogP contribution in [0.25, 0.3) is 10.9 Å². The van der Waals surface area contributed by atoms with E-state index in [4.69, 9.17) is 4.74 Å². The van der Waals surface area contributed by atoms with Crippen molar-refractivity contribution >= 4 is 28.4 Å². The van der Waals surface area contributed by atoms with E-state index in [1.54, 1.807) is 23.7 Å². The zero-order chi connectivity index (χ0) is 25.4. The van der Waals surface area contributed by atoms with Crippen molar-refractivity contribution in [2.45, 2.75) is 13.8 Å². The summed E-state index contributed by atoms with van der Waals surface area (Å²) in [6, 6.07) is 4.59. The molecule has 36 heavy (non-hydrogen) atoms. The first-order valence-corrected chi connectivity index (χ1v) is 11.9. The number of aryl methyl sites for hydroxylation is 2. The summed E-state index contributed by atoms with van der Waals surface area (Å²) in [7, 11) is 3.83. The van der Waals surface area contributed by atoms with Gasteiger partial charge in [0.1, 0.15) is 17.5 Å². The van der Waals surface area contributed by atoms with Crippen molar-refractivity contribution in [2.75, 3.05) is 50.0 Å².